The van der Waals surface area contributed by atoms with E-state index in [-0.39, 0.29) is 0 Å². The van der Waals surface area contributed by atoms with Crippen molar-refractivity contribution in [3.8, 4) is 0 Å². The van der Waals surface area contributed by atoms with Crippen LogP contribution in [0.1, 0.15) is 78.1 Å². The fourth-order valence-corrected chi connectivity index (χ4v) is 2.32. The van der Waals surface area contributed by atoms with Gasteiger partial charge in [-0.3, -0.25) is 0 Å². The van der Waals surface area contributed by atoms with E-state index in [4.69, 9.17) is 9.47 Å². The van der Waals surface area contributed by atoms with Crippen LogP contribution in [0.5, 0.6) is 0 Å². The Morgan fingerprint density at radius 1 is 1.00 bits per heavy atom. The highest BCUT2D eigenvalue weighted by Crippen LogP contribution is 2.16. The fourth-order valence-electron chi connectivity index (χ4n) is 2.32. The summed E-state index contributed by atoms with van der Waals surface area (Å²) in [6, 6.07) is 0. The first-order chi connectivity index (χ1) is 8.86. The number of ether oxygens (including phenoxy) is 2. The smallest absolute Gasteiger partial charge is 0.104 e. The van der Waals surface area contributed by atoms with Crippen LogP contribution in [0.3, 0.4) is 0 Å². The molecule has 18 heavy (non-hydrogen) atoms. The van der Waals surface area contributed by atoms with Crippen LogP contribution in [0.2, 0.25) is 0 Å². The predicted octanol–water partition coefficient (Wildman–Crippen LogP) is 4.71. The number of epoxide rings is 1. The van der Waals surface area contributed by atoms with Gasteiger partial charge in [0.15, 0.2) is 0 Å². The Kier molecular flexibility index (Phi) is 9.59. The second kappa shape index (κ2) is 10.8. The minimum atomic E-state index is 0.414. The van der Waals surface area contributed by atoms with E-state index in [0.717, 1.165) is 19.6 Å². The molecule has 1 rings (SSSR count). The van der Waals surface area contributed by atoms with Crippen LogP contribution < -0.4 is 0 Å². The van der Waals surface area contributed by atoms with Crippen LogP contribution in [0.15, 0.2) is 0 Å². The molecule has 0 radical (unpaired) electrons. The van der Waals surface area contributed by atoms with Crippen LogP contribution in [0.25, 0.3) is 0 Å². The van der Waals surface area contributed by atoms with Crippen molar-refractivity contribution < 1.29 is 9.47 Å². The summed E-state index contributed by atoms with van der Waals surface area (Å²) in [7, 11) is 0. The molecule has 0 bridgehead atoms. The van der Waals surface area contributed by atoms with E-state index in [1.807, 2.05) is 0 Å². The SMILES string of the molecule is CCCCCCCCCCC(CC)OCC1CO1. The molecule has 0 aromatic rings. The van der Waals surface area contributed by atoms with E-state index in [1.165, 1.54) is 57.8 Å². The first kappa shape index (κ1) is 16.0. The Morgan fingerprint density at radius 3 is 2.17 bits per heavy atom. The highest BCUT2D eigenvalue weighted by molar-refractivity contribution is 4.69. The molecule has 2 nitrogen and oxygen atoms in total. The summed E-state index contributed by atoms with van der Waals surface area (Å²) >= 11 is 0. The van der Waals surface area contributed by atoms with Gasteiger partial charge in [0.05, 0.1) is 19.3 Å². The van der Waals surface area contributed by atoms with Gasteiger partial charge in [-0.1, -0.05) is 65.2 Å². The maximum Gasteiger partial charge on any atom is 0.104 e. The Bertz CT molecular complexity index is 178. The summed E-state index contributed by atoms with van der Waals surface area (Å²) in [5.41, 5.74) is 0. The van der Waals surface area contributed by atoms with E-state index in [0.29, 0.717) is 12.2 Å². The molecule has 1 aliphatic rings. The van der Waals surface area contributed by atoms with Crippen LogP contribution >= 0.6 is 0 Å². The molecule has 0 spiro atoms. The molecule has 0 saturated carbocycles. The average molecular weight is 256 g/mol. The molecule has 2 atom stereocenters. The fraction of sp³-hybridized carbons (Fsp3) is 1.00. The minimum Gasteiger partial charge on any atom is -0.375 e. The number of unbranched alkanes of at least 4 members (excludes halogenated alkanes) is 7. The van der Waals surface area contributed by atoms with E-state index in [1.54, 1.807) is 0 Å². The van der Waals surface area contributed by atoms with Gasteiger partial charge in [0.1, 0.15) is 6.10 Å². The van der Waals surface area contributed by atoms with Crippen molar-refractivity contribution in [1.82, 2.24) is 0 Å². The Labute approximate surface area is 113 Å². The van der Waals surface area contributed by atoms with Crippen molar-refractivity contribution in [2.24, 2.45) is 0 Å². The number of hydrogen-bond acceptors (Lipinski definition) is 2. The molecule has 2 heteroatoms. The van der Waals surface area contributed by atoms with Crippen LogP contribution in [-0.4, -0.2) is 25.4 Å². The number of hydrogen-bond donors (Lipinski definition) is 0. The lowest BCUT2D eigenvalue weighted by atomic mass is 10.0. The van der Waals surface area contributed by atoms with E-state index in [2.05, 4.69) is 13.8 Å². The van der Waals surface area contributed by atoms with Crippen LogP contribution in [-0.2, 0) is 9.47 Å². The Balaban J connectivity index is 1.82. The van der Waals surface area contributed by atoms with Gasteiger partial charge in [-0.05, 0) is 12.8 Å². The molecular weight excluding hydrogens is 224 g/mol. The predicted molar refractivity (Wildman–Crippen MR) is 77.0 cm³/mol. The lowest BCUT2D eigenvalue weighted by Gasteiger charge is -2.15. The van der Waals surface area contributed by atoms with Crippen molar-refractivity contribution in [1.29, 1.82) is 0 Å². The maximum atomic E-state index is 5.85. The lowest BCUT2D eigenvalue weighted by Crippen LogP contribution is -2.15. The lowest BCUT2D eigenvalue weighted by molar-refractivity contribution is 0.0334. The third-order valence-corrected chi connectivity index (χ3v) is 3.76. The molecular formula is C16H32O2. The summed E-state index contributed by atoms with van der Waals surface area (Å²) in [6.07, 6.45) is 14.4. The minimum absolute atomic E-state index is 0.414. The van der Waals surface area contributed by atoms with E-state index in [9.17, 15) is 0 Å². The zero-order chi connectivity index (χ0) is 13.1. The van der Waals surface area contributed by atoms with Gasteiger partial charge in [-0.15, -0.1) is 0 Å². The summed E-state index contributed by atoms with van der Waals surface area (Å²) in [6.45, 7) is 6.23. The molecule has 1 saturated heterocycles. The molecule has 0 aliphatic carbocycles. The quantitative estimate of drug-likeness (QED) is 0.351. The van der Waals surface area contributed by atoms with Crippen molar-refractivity contribution >= 4 is 0 Å². The molecule has 108 valence electrons. The summed E-state index contributed by atoms with van der Waals surface area (Å²) in [4.78, 5) is 0. The zero-order valence-corrected chi connectivity index (χ0v) is 12.5. The third kappa shape index (κ3) is 8.93. The molecule has 2 unspecified atom stereocenters. The Morgan fingerprint density at radius 2 is 1.61 bits per heavy atom. The van der Waals surface area contributed by atoms with Gasteiger partial charge in [0.2, 0.25) is 0 Å². The molecule has 0 N–H and O–H groups in total. The van der Waals surface area contributed by atoms with Gasteiger partial charge >= 0.3 is 0 Å². The third-order valence-electron chi connectivity index (χ3n) is 3.76. The van der Waals surface area contributed by atoms with Gasteiger partial charge in [0.25, 0.3) is 0 Å². The standard InChI is InChI=1S/C16H32O2/c1-3-5-6-7-8-9-10-11-12-15(4-2)17-13-16-14-18-16/h15-16H,3-14H2,1-2H3. The van der Waals surface area contributed by atoms with Crippen molar-refractivity contribution in [2.45, 2.75) is 90.3 Å². The maximum absolute atomic E-state index is 5.85. The van der Waals surface area contributed by atoms with Gasteiger partial charge in [0, 0.05) is 0 Å². The van der Waals surface area contributed by atoms with E-state index < -0.39 is 0 Å². The Hall–Kier alpha value is -0.0800. The second-order valence-electron chi connectivity index (χ2n) is 5.58. The molecule has 1 fully saturated rings. The monoisotopic (exact) mass is 256 g/mol. The molecule has 1 heterocycles. The summed E-state index contributed by atoms with van der Waals surface area (Å²) < 4.78 is 11.0. The highest BCUT2D eigenvalue weighted by atomic mass is 16.6. The van der Waals surface area contributed by atoms with E-state index >= 15 is 0 Å². The second-order valence-corrected chi connectivity index (χ2v) is 5.58. The van der Waals surface area contributed by atoms with Crippen molar-refractivity contribution in [3.63, 3.8) is 0 Å². The molecule has 0 aromatic carbocycles. The molecule has 0 aromatic heterocycles. The topological polar surface area (TPSA) is 21.8 Å². The molecule has 1 aliphatic heterocycles. The van der Waals surface area contributed by atoms with Gasteiger partial charge in [-0.25, -0.2) is 0 Å². The first-order valence-electron chi connectivity index (χ1n) is 8.10. The normalized spacial score (nSPS) is 20.0. The number of rotatable bonds is 13. The zero-order valence-electron chi connectivity index (χ0n) is 12.5. The first-order valence-corrected chi connectivity index (χ1v) is 8.10. The summed E-state index contributed by atoms with van der Waals surface area (Å²) in [5, 5.41) is 0. The highest BCUT2D eigenvalue weighted by Gasteiger charge is 2.23. The largest absolute Gasteiger partial charge is 0.375 e. The van der Waals surface area contributed by atoms with Crippen molar-refractivity contribution in [3.05, 3.63) is 0 Å². The van der Waals surface area contributed by atoms with Gasteiger partial charge in [-0.2, -0.15) is 0 Å². The summed E-state index contributed by atoms with van der Waals surface area (Å²) in [5.74, 6) is 0. The van der Waals surface area contributed by atoms with Crippen molar-refractivity contribution in [2.75, 3.05) is 13.2 Å². The molecule has 0 amide bonds. The van der Waals surface area contributed by atoms with Crippen LogP contribution in [0, 0.1) is 0 Å². The van der Waals surface area contributed by atoms with Gasteiger partial charge < -0.3 is 9.47 Å². The average Bonchev–Trinajstić information content (AvgIpc) is 3.20. The van der Waals surface area contributed by atoms with Crippen LogP contribution in [0.4, 0.5) is 0 Å².